The van der Waals surface area contributed by atoms with Crippen LogP contribution in [0.15, 0.2) is 18.2 Å². The number of benzene rings is 1. The molecule has 2 rings (SSSR count). The van der Waals surface area contributed by atoms with Gasteiger partial charge in [0.05, 0.1) is 10.2 Å². The largest absolute Gasteiger partial charge is 0.269 e. The summed E-state index contributed by atoms with van der Waals surface area (Å²) in [4.78, 5) is 10.1. The zero-order chi connectivity index (χ0) is 12.6. The van der Waals surface area contributed by atoms with Crippen molar-refractivity contribution in [2.45, 2.75) is 24.5 Å². The molecule has 0 heterocycles. The Hall–Kier alpha value is -1.14. The van der Waals surface area contributed by atoms with Crippen molar-refractivity contribution in [1.82, 2.24) is 0 Å². The lowest BCUT2D eigenvalue weighted by Crippen LogP contribution is -2.25. The van der Waals surface area contributed by atoms with E-state index in [0.29, 0.717) is 18.4 Å². The zero-order valence-corrected chi connectivity index (χ0v) is 10.4. The fourth-order valence-electron chi connectivity index (χ4n) is 2.06. The van der Waals surface area contributed by atoms with Crippen molar-refractivity contribution >= 4 is 25.4 Å². The van der Waals surface area contributed by atoms with Gasteiger partial charge >= 0.3 is 0 Å². The fraction of sp³-hybridized carbons (Fsp3) is 0.400. The lowest BCUT2D eigenvalue weighted by Gasteiger charge is -2.21. The van der Waals surface area contributed by atoms with Gasteiger partial charge in [-0.3, -0.25) is 10.1 Å². The van der Waals surface area contributed by atoms with Gasteiger partial charge in [-0.05, 0) is 30.4 Å². The number of aryl methyl sites for hydroxylation is 1. The second-order valence-electron chi connectivity index (χ2n) is 4.05. The molecule has 1 atom stereocenters. The summed E-state index contributed by atoms with van der Waals surface area (Å²) in [5.41, 5.74) is 1.66. The van der Waals surface area contributed by atoms with Gasteiger partial charge in [0.15, 0.2) is 0 Å². The molecule has 0 unspecified atom stereocenters. The Bertz CT molecular complexity index is 570. The van der Waals surface area contributed by atoms with E-state index >= 15 is 0 Å². The smallest absolute Gasteiger partial charge is 0.258 e. The Morgan fingerprint density at radius 1 is 1.35 bits per heavy atom. The van der Waals surface area contributed by atoms with E-state index in [0.717, 1.165) is 5.56 Å². The SMILES string of the molecule is O=[N+]([O-])c1ccc2c(c1)C[C@@H](S(=O)(=O)Cl)CC2. The van der Waals surface area contributed by atoms with E-state index < -0.39 is 19.2 Å². The van der Waals surface area contributed by atoms with Crippen LogP contribution in [0, 0.1) is 10.1 Å². The summed E-state index contributed by atoms with van der Waals surface area (Å²) < 4.78 is 22.5. The van der Waals surface area contributed by atoms with Crippen LogP contribution in [0.3, 0.4) is 0 Å². The maximum Gasteiger partial charge on any atom is 0.269 e. The second-order valence-corrected chi connectivity index (χ2v) is 6.96. The lowest BCUT2D eigenvalue weighted by molar-refractivity contribution is -0.384. The van der Waals surface area contributed by atoms with Gasteiger partial charge < -0.3 is 0 Å². The van der Waals surface area contributed by atoms with Crippen molar-refractivity contribution in [2.24, 2.45) is 0 Å². The van der Waals surface area contributed by atoms with Gasteiger partial charge in [0.1, 0.15) is 0 Å². The van der Waals surface area contributed by atoms with E-state index in [2.05, 4.69) is 0 Å². The molecule has 5 nitrogen and oxygen atoms in total. The monoisotopic (exact) mass is 275 g/mol. The van der Waals surface area contributed by atoms with E-state index in [9.17, 15) is 18.5 Å². The highest BCUT2D eigenvalue weighted by atomic mass is 35.7. The minimum absolute atomic E-state index is 0.0172. The normalized spacial score (nSPS) is 19.7. The van der Waals surface area contributed by atoms with Crippen LogP contribution in [-0.4, -0.2) is 18.6 Å². The first kappa shape index (κ1) is 12.3. The Morgan fingerprint density at radius 3 is 2.65 bits per heavy atom. The average Bonchev–Trinajstić information content (AvgIpc) is 2.26. The van der Waals surface area contributed by atoms with Crippen LogP contribution >= 0.6 is 10.7 Å². The average molecular weight is 276 g/mol. The molecular weight excluding hydrogens is 266 g/mol. The Morgan fingerprint density at radius 2 is 2.06 bits per heavy atom. The standard InChI is InChI=1S/C10H10ClNO4S/c11-17(15,16)10-4-2-7-1-3-9(12(13)14)5-8(7)6-10/h1,3,5,10H,2,4,6H2/t10-/m0/s1. The van der Waals surface area contributed by atoms with Crippen LogP contribution in [0.1, 0.15) is 17.5 Å². The first-order valence-corrected chi connectivity index (χ1v) is 7.45. The van der Waals surface area contributed by atoms with Gasteiger partial charge in [0.25, 0.3) is 5.69 Å². The summed E-state index contributed by atoms with van der Waals surface area (Å²) in [7, 11) is 1.72. The van der Waals surface area contributed by atoms with Crippen molar-refractivity contribution in [3.63, 3.8) is 0 Å². The van der Waals surface area contributed by atoms with Crippen LogP contribution in [0.5, 0.6) is 0 Å². The molecule has 1 aliphatic carbocycles. The van der Waals surface area contributed by atoms with Crippen molar-refractivity contribution in [2.75, 3.05) is 0 Å². The van der Waals surface area contributed by atoms with E-state index in [1.165, 1.54) is 12.1 Å². The number of hydrogen-bond donors (Lipinski definition) is 0. The lowest BCUT2D eigenvalue weighted by atomic mass is 9.91. The van der Waals surface area contributed by atoms with Gasteiger partial charge in [-0.25, -0.2) is 8.42 Å². The number of hydrogen-bond acceptors (Lipinski definition) is 4. The number of nitro benzene ring substituents is 1. The molecule has 1 aliphatic rings. The van der Waals surface area contributed by atoms with Crippen LogP contribution in [0.4, 0.5) is 5.69 Å². The predicted octanol–water partition coefficient (Wildman–Crippen LogP) is 2.02. The zero-order valence-electron chi connectivity index (χ0n) is 8.80. The molecule has 0 aliphatic heterocycles. The highest BCUT2D eigenvalue weighted by Gasteiger charge is 2.29. The Kier molecular flexibility index (Phi) is 3.09. The number of rotatable bonds is 2. The first-order chi connectivity index (χ1) is 7.88. The molecule has 0 spiro atoms. The Balaban J connectivity index is 2.36. The van der Waals surface area contributed by atoms with E-state index in [4.69, 9.17) is 10.7 Å². The molecule has 0 amide bonds. The van der Waals surface area contributed by atoms with Gasteiger partial charge in [-0.1, -0.05) is 6.07 Å². The molecule has 0 bridgehead atoms. The molecule has 0 saturated carbocycles. The highest BCUT2D eigenvalue weighted by molar-refractivity contribution is 8.14. The maximum atomic E-state index is 11.2. The Labute approximate surface area is 103 Å². The first-order valence-electron chi connectivity index (χ1n) is 5.07. The number of nitrogens with zero attached hydrogens (tertiary/aromatic N) is 1. The third kappa shape index (κ3) is 2.58. The molecule has 1 aromatic rings. The molecule has 1 aromatic carbocycles. The van der Waals surface area contributed by atoms with Crippen molar-refractivity contribution in [3.05, 3.63) is 39.4 Å². The van der Waals surface area contributed by atoms with Crippen molar-refractivity contribution in [1.29, 1.82) is 0 Å². The van der Waals surface area contributed by atoms with Crippen LogP contribution in [0.2, 0.25) is 0 Å². The van der Waals surface area contributed by atoms with E-state index in [1.807, 2.05) is 0 Å². The number of nitro groups is 1. The number of non-ortho nitro benzene ring substituents is 1. The predicted molar refractivity (Wildman–Crippen MR) is 63.7 cm³/mol. The van der Waals surface area contributed by atoms with Crippen LogP contribution in [-0.2, 0) is 21.9 Å². The van der Waals surface area contributed by atoms with Gasteiger partial charge in [0, 0.05) is 22.8 Å². The molecular formula is C10H10ClNO4S. The summed E-state index contributed by atoms with van der Waals surface area (Å²) >= 11 is 0. The second kappa shape index (κ2) is 4.27. The van der Waals surface area contributed by atoms with Crippen LogP contribution < -0.4 is 0 Å². The molecule has 0 saturated heterocycles. The summed E-state index contributed by atoms with van der Waals surface area (Å²) in [6.07, 6.45) is 1.31. The third-order valence-electron chi connectivity index (χ3n) is 2.98. The minimum atomic E-state index is -3.60. The highest BCUT2D eigenvalue weighted by Crippen LogP contribution is 2.29. The molecule has 92 valence electrons. The topological polar surface area (TPSA) is 77.3 Å². The van der Waals surface area contributed by atoms with Crippen molar-refractivity contribution < 1.29 is 13.3 Å². The summed E-state index contributed by atoms with van der Waals surface area (Å²) in [6, 6.07) is 4.56. The number of halogens is 1. The summed E-state index contributed by atoms with van der Waals surface area (Å²) in [6.45, 7) is 0. The summed E-state index contributed by atoms with van der Waals surface area (Å²) in [5, 5.41) is 9.99. The van der Waals surface area contributed by atoms with Crippen molar-refractivity contribution in [3.8, 4) is 0 Å². The molecule has 0 radical (unpaired) electrons. The fourth-order valence-corrected chi connectivity index (χ4v) is 3.30. The number of fused-ring (bicyclic) bond motifs is 1. The molecule has 0 aromatic heterocycles. The van der Waals surface area contributed by atoms with E-state index in [-0.39, 0.29) is 12.1 Å². The van der Waals surface area contributed by atoms with Crippen LogP contribution in [0.25, 0.3) is 0 Å². The van der Waals surface area contributed by atoms with E-state index in [1.54, 1.807) is 6.07 Å². The molecule has 7 heteroatoms. The van der Waals surface area contributed by atoms with Gasteiger partial charge in [-0.2, -0.15) is 0 Å². The molecule has 17 heavy (non-hydrogen) atoms. The molecule has 0 fully saturated rings. The van der Waals surface area contributed by atoms with Gasteiger partial charge in [0.2, 0.25) is 9.05 Å². The van der Waals surface area contributed by atoms with Gasteiger partial charge in [-0.15, -0.1) is 0 Å². The quantitative estimate of drug-likeness (QED) is 0.470. The third-order valence-corrected chi connectivity index (χ3v) is 4.94. The summed E-state index contributed by atoms with van der Waals surface area (Å²) in [5.74, 6) is 0. The molecule has 0 N–H and O–H groups in total. The minimum Gasteiger partial charge on any atom is -0.258 e. The maximum absolute atomic E-state index is 11.2.